The SMILES string of the molecule is CCNC(=NCC(O)COCC(C)C)NCCCc1ccccc1. The predicted octanol–water partition coefficient (Wildman–Crippen LogP) is 2.21. The van der Waals surface area contributed by atoms with Crippen molar-refractivity contribution in [1.29, 1.82) is 0 Å². The van der Waals surface area contributed by atoms with Crippen LogP contribution < -0.4 is 10.6 Å². The standard InChI is InChI=1S/C19H33N3O2/c1-4-20-19(22-13-18(23)15-24-14-16(2)3)21-12-8-11-17-9-6-5-7-10-17/h5-7,9-10,16,18,23H,4,8,11-15H2,1-3H3,(H2,20,21,22). The molecule has 1 rings (SSSR count). The fraction of sp³-hybridized carbons (Fsp3) is 0.632. The quantitative estimate of drug-likeness (QED) is 0.329. The topological polar surface area (TPSA) is 65.9 Å². The molecule has 0 radical (unpaired) electrons. The molecule has 0 spiro atoms. The zero-order chi connectivity index (χ0) is 17.6. The molecule has 1 aromatic rings. The van der Waals surface area contributed by atoms with E-state index in [1.54, 1.807) is 0 Å². The number of benzene rings is 1. The lowest BCUT2D eigenvalue weighted by molar-refractivity contribution is 0.0301. The number of rotatable bonds is 11. The first-order valence-corrected chi connectivity index (χ1v) is 8.93. The number of nitrogens with one attached hydrogen (secondary N) is 2. The van der Waals surface area contributed by atoms with Gasteiger partial charge in [-0.15, -0.1) is 0 Å². The van der Waals surface area contributed by atoms with Crippen molar-refractivity contribution in [2.24, 2.45) is 10.9 Å². The van der Waals surface area contributed by atoms with Crippen LogP contribution in [0.4, 0.5) is 0 Å². The van der Waals surface area contributed by atoms with Gasteiger partial charge in [-0.2, -0.15) is 0 Å². The Bertz CT molecular complexity index is 449. The van der Waals surface area contributed by atoms with Crippen molar-refractivity contribution in [1.82, 2.24) is 10.6 Å². The van der Waals surface area contributed by atoms with E-state index in [0.717, 1.165) is 31.9 Å². The van der Waals surface area contributed by atoms with Crippen LogP contribution in [-0.2, 0) is 11.2 Å². The molecule has 24 heavy (non-hydrogen) atoms. The summed E-state index contributed by atoms with van der Waals surface area (Å²) < 4.78 is 5.44. The zero-order valence-corrected chi connectivity index (χ0v) is 15.3. The Morgan fingerprint density at radius 3 is 2.58 bits per heavy atom. The third-order valence-electron chi connectivity index (χ3n) is 3.34. The molecule has 0 aliphatic carbocycles. The lowest BCUT2D eigenvalue weighted by Crippen LogP contribution is -2.38. The molecule has 0 aliphatic rings. The van der Waals surface area contributed by atoms with Gasteiger partial charge in [0, 0.05) is 19.7 Å². The van der Waals surface area contributed by atoms with Gasteiger partial charge in [0.05, 0.1) is 19.3 Å². The number of hydrogen-bond donors (Lipinski definition) is 3. The highest BCUT2D eigenvalue weighted by Gasteiger charge is 2.05. The van der Waals surface area contributed by atoms with Crippen LogP contribution in [0.15, 0.2) is 35.3 Å². The van der Waals surface area contributed by atoms with E-state index in [2.05, 4.69) is 53.7 Å². The number of aliphatic imine (C=N–C) groups is 1. The predicted molar refractivity (Wildman–Crippen MR) is 100 cm³/mol. The smallest absolute Gasteiger partial charge is 0.191 e. The summed E-state index contributed by atoms with van der Waals surface area (Å²) in [5, 5.41) is 16.4. The molecule has 0 heterocycles. The van der Waals surface area contributed by atoms with E-state index in [9.17, 15) is 5.11 Å². The van der Waals surface area contributed by atoms with E-state index in [-0.39, 0.29) is 0 Å². The average molecular weight is 335 g/mol. The summed E-state index contributed by atoms with van der Waals surface area (Å²) in [5.74, 6) is 1.22. The molecule has 5 heteroatoms. The molecule has 0 saturated heterocycles. The Morgan fingerprint density at radius 1 is 1.17 bits per heavy atom. The summed E-state index contributed by atoms with van der Waals surface area (Å²) >= 11 is 0. The van der Waals surface area contributed by atoms with Crippen molar-refractivity contribution in [2.45, 2.75) is 39.7 Å². The molecule has 1 unspecified atom stereocenters. The number of aliphatic hydroxyl groups is 1. The van der Waals surface area contributed by atoms with Crippen LogP contribution in [0.25, 0.3) is 0 Å². The molecular formula is C19H33N3O2. The van der Waals surface area contributed by atoms with Crippen molar-refractivity contribution in [3.05, 3.63) is 35.9 Å². The lowest BCUT2D eigenvalue weighted by Gasteiger charge is -2.14. The van der Waals surface area contributed by atoms with Gasteiger partial charge in [-0.1, -0.05) is 44.2 Å². The molecule has 5 nitrogen and oxygen atoms in total. The Kier molecular flexibility index (Phi) is 10.9. The monoisotopic (exact) mass is 335 g/mol. The van der Waals surface area contributed by atoms with Gasteiger partial charge in [-0.25, -0.2) is 0 Å². The highest BCUT2D eigenvalue weighted by atomic mass is 16.5. The summed E-state index contributed by atoms with van der Waals surface area (Å²) in [4.78, 5) is 4.42. The van der Waals surface area contributed by atoms with Gasteiger partial charge in [-0.05, 0) is 31.2 Å². The van der Waals surface area contributed by atoms with Crippen LogP contribution in [0, 0.1) is 5.92 Å². The summed E-state index contributed by atoms with van der Waals surface area (Å²) in [6.45, 7) is 9.19. The van der Waals surface area contributed by atoms with Gasteiger partial charge < -0.3 is 20.5 Å². The number of guanidine groups is 1. The van der Waals surface area contributed by atoms with Gasteiger partial charge in [0.1, 0.15) is 0 Å². The molecule has 0 bridgehead atoms. The van der Waals surface area contributed by atoms with E-state index >= 15 is 0 Å². The molecule has 0 saturated carbocycles. The third-order valence-corrected chi connectivity index (χ3v) is 3.34. The van der Waals surface area contributed by atoms with Crippen LogP contribution in [-0.4, -0.2) is 50.0 Å². The maximum Gasteiger partial charge on any atom is 0.191 e. The van der Waals surface area contributed by atoms with Gasteiger partial charge >= 0.3 is 0 Å². The number of hydrogen-bond acceptors (Lipinski definition) is 3. The van der Waals surface area contributed by atoms with Gasteiger partial charge in [0.25, 0.3) is 0 Å². The summed E-state index contributed by atoms with van der Waals surface area (Å²) in [6, 6.07) is 10.5. The molecule has 0 aromatic heterocycles. The molecule has 3 N–H and O–H groups in total. The largest absolute Gasteiger partial charge is 0.389 e. The molecule has 0 aliphatic heterocycles. The van der Waals surface area contributed by atoms with Crippen molar-refractivity contribution in [3.63, 3.8) is 0 Å². The molecular weight excluding hydrogens is 302 g/mol. The average Bonchev–Trinajstić information content (AvgIpc) is 2.57. The van der Waals surface area contributed by atoms with Crippen LogP contribution >= 0.6 is 0 Å². The summed E-state index contributed by atoms with van der Waals surface area (Å²) in [5.41, 5.74) is 1.35. The maximum absolute atomic E-state index is 9.91. The minimum atomic E-state index is -0.566. The van der Waals surface area contributed by atoms with Crippen LogP contribution in [0.3, 0.4) is 0 Å². The van der Waals surface area contributed by atoms with Gasteiger partial charge in [0.2, 0.25) is 0 Å². The van der Waals surface area contributed by atoms with Crippen LogP contribution in [0.5, 0.6) is 0 Å². The lowest BCUT2D eigenvalue weighted by atomic mass is 10.1. The van der Waals surface area contributed by atoms with E-state index in [1.165, 1.54) is 5.56 Å². The van der Waals surface area contributed by atoms with Gasteiger partial charge in [0.15, 0.2) is 5.96 Å². The van der Waals surface area contributed by atoms with E-state index in [1.807, 2.05) is 13.0 Å². The first-order valence-electron chi connectivity index (χ1n) is 8.93. The Hall–Kier alpha value is -1.59. The third kappa shape index (κ3) is 10.2. The fourth-order valence-corrected chi connectivity index (χ4v) is 2.17. The normalized spacial score (nSPS) is 13.1. The van der Waals surface area contributed by atoms with Crippen LogP contribution in [0.1, 0.15) is 32.8 Å². The number of ether oxygens (including phenoxy) is 1. The Balaban J connectivity index is 2.26. The second-order valence-corrected chi connectivity index (χ2v) is 6.32. The van der Waals surface area contributed by atoms with Crippen molar-refractivity contribution >= 4 is 5.96 Å². The molecule has 1 aromatic carbocycles. The fourth-order valence-electron chi connectivity index (χ4n) is 2.17. The molecule has 0 fully saturated rings. The first-order chi connectivity index (χ1) is 11.6. The highest BCUT2D eigenvalue weighted by Crippen LogP contribution is 2.01. The van der Waals surface area contributed by atoms with Crippen molar-refractivity contribution in [3.8, 4) is 0 Å². The summed E-state index contributed by atoms with van der Waals surface area (Å²) in [6.07, 6.45) is 1.51. The Labute approximate surface area is 146 Å². The molecule has 1 atom stereocenters. The van der Waals surface area contributed by atoms with Crippen molar-refractivity contribution in [2.75, 3.05) is 32.8 Å². The minimum Gasteiger partial charge on any atom is -0.389 e. The maximum atomic E-state index is 9.91. The molecule has 136 valence electrons. The molecule has 0 amide bonds. The number of aryl methyl sites for hydroxylation is 1. The van der Waals surface area contributed by atoms with E-state index in [0.29, 0.717) is 25.7 Å². The first kappa shape index (κ1) is 20.5. The highest BCUT2D eigenvalue weighted by molar-refractivity contribution is 5.79. The van der Waals surface area contributed by atoms with E-state index < -0.39 is 6.10 Å². The Morgan fingerprint density at radius 2 is 1.92 bits per heavy atom. The second kappa shape index (κ2) is 12.8. The zero-order valence-electron chi connectivity index (χ0n) is 15.3. The minimum absolute atomic E-state index is 0.328. The van der Waals surface area contributed by atoms with Crippen LogP contribution in [0.2, 0.25) is 0 Å². The summed E-state index contributed by atoms with van der Waals surface area (Å²) in [7, 11) is 0. The number of nitrogens with zero attached hydrogens (tertiary/aromatic N) is 1. The number of aliphatic hydroxyl groups excluding tert-OH is 1. The second-order valence-electron chi connectivity index (χ2n) is 6.32. The van der Waals surface area contributed by atoms with E-state index in [4.69, 9.17) is 4.74 Å². The van der Waals surface area contributed by atoms with Crippen molar-refractivity contribution < 1.29 is 9.84 Å². The van der Waals surface area contributed by atoms with Gasteiger partial charge in [-0.3, -0.25) is 4.99 Å².